The van der Waals surface area contributed by atoms with Gasteiger partial charge in [-0.25, -0.2) is 0 Å². The van der Waals surface area contributed by atoms with Gasteiger partial charge < -0.3 is 9.32 Å². The van der Waals surface area contributed by atoms with Gasteiger partial charge in [-0.15, -0.1) is 0 Å². The fourth-order valence-corrected chi connectivity index (χ4v) is 9.10. The van der Waals surface area contributed by atoms with Crippen LogP contribution < -0.4 is 4.90 Å². The Bertz CT molecular complexity index is 3120. The summed E-state index contributed by atoms with van der Waals surface area (Å²) in [5, 5.41) is 4.61. The third-order valence-corrected chi connectivity index (χ3v) is 12.1. The normalized spacial score (nSPS) is 12.9. The van der Waals surface area contributed by atoms with E-state index in [1.165, 1.54) is 60.8 Å². The van der Waals surface area contributed by atoms with Crippen molar-refractivity contribution >= 4 is 49.8 Å². The number of benzene rings is 9. The number of anilines is 3. The molecule has 0 bridgehead atoms. The van der Waals surface area contributed by atoms with Gasteiger partial charge in [-0.3, -0.25) is 0 Å². The summed E-state index contributed by atoms with van der Waals surface area (Å²) in [5.74, 6) is 0. The lowest BCUT2D eigenvalue weighted by Gasteiger charge is -2.28. The van der Waals surface area contributed by atoms with E-state index in [1.807, 2.05) is 0 Å². The first-order chi connectivity index (χ1) is 28.0. The molecule has 0 aliphatic heterocycles. The maximum atomic E-state index is 6.63. The highest BCUT2D eigenvalue weighted by Crippen LogP contribution is 2.51. The molecule has 0 unspecified atom stereocenters. The molecule has 9 aromatic carbocycles. The minimum Gasteiger partial charge on any atom is -0.456 e. The molecule has 0 saturated heterocycles. The topological polar surface area (TPSA) is 16.4 Å². The van der Waals surface area contributed by atoms with E-state index < -0.39 is 0 Å². The molecule has 11 rings (SSSR count). The van der Waals surface area contributed by atoms with Crippen molar-refractivity contribution in [3.05, 3.63) is 211 Å². The van der Waals surface area contributed by atoms with E-state index in [-0.39, 0.29) is 5.41 Å². The Hall–Kier alpha value is -7.16. The Balaban J connectivity index is 1.04. The monoisotopic (exact) mass is 729 g/mol. The zero-order valence-corrected chi connectivity index (χ0v) is 31.9. The van der Waals surface area contributed by atoms with E-state index in [1.54, 1.807) is 0 Å². The zero-order valence-electron chi connectivity index (χ0n) is 31.9. The van der Waals surface area contributed by atoms with E-state index in [9.17, 15) is 0 Å². The van der Waals surface area contributed by atoms with Crippen molar-refractivity contribution in [3.8, 4) is 44.5 Å². The molecule has 0 spiro atoms. The first kappa shape index (κ1) is 33.2. The van der Waals surface area contributed by atoms with Crippen LogP contribution in [0.1, 0.15) is 25.0 Å². The summed E-state index contributed by atoms with van der Waals surface area (Å²) in [6.07, 6.45) is 0. The number of furan rings is 1. The summed E-state index contributed by atoms with van der Waals surface area (Å²) < 4.78 is 6.63. The summed E-state index contributed by atoms with van der Waals surface area (Å²) in [6.45, 7) is 4.70. The molecule has 2 heteroatoms. The third-order valence-electron chi connectivity index (χ3n) is 12.1. The lowest BCUT2D eigenvalue weighted by molar-refractivity contribution is 0.660. The zero-order chi connectivity index (χ0) is 38.1. The second-order valence-electron chi connectivity index (χ2n) is 15.7. The predicted octanol–water partition coefficient (Wildman–Crippen LogP) is 15.5. The molecule has 1 aromatic heterocycles. The molecule has 1 heterocycles. The first-order valence-corrected chi connectivity index (χ1v) is 19.7. The summed E-state index contributed by atoms with van der Waals surface area (Å²) in [5.41, 5.74) is 17.5. The minimum atomic E-state index is -0.112. The molecule has 57 heavy (non-hydrogen) atoms. The van der Waals surface area contributed by atoms with Gasteiger partial charge in [-0.1, -0.05) is 159 Å². The van der Waals surface area contributed by atoms with Crippen molar-refractivity contribution in [2.45, 2.75) is 19.3 Å². The quantitative estimate of drug-likeness (QED) is 0.169. The fraction of sp³-hybridized carbons (Fsp3) is 0.0545. The van der Waals surface area contributed by atoms with Crippen LogP contribution in [-0.2, 0) is 5.41 Å². The summed E-state index contributed by atoms with van der Waals surface area (Å²) >= 11 is 0. The van der Waals surface area contributed by atoms with Crippen molar-refractivity contribution in [1.82, 2.24) is 0 Å². The van der Waals surface area contributed by atoms with Crippen LogP contribution in [0.5, 0.6) is 0 Å². The van der Waals surface area contributed by atoms with E-state index >= 15 is 0 Å². The minimum absolute atomic E-state index is 0.112. The van der Waals surface area contributed by atoms with Gasteiger partial charge in [0.05, 0.1) is 0 Å². The SMILES string of the molecule is CC1(C)c2ccccc2-c2ccc(N(c3ccc(-c4ccccc4)cc3)c3ccc4ccc5oc6cc(-c7ccc(-c8ccccc8)cc7)ccc6c5c4c3)cc21. The standard InChI is InChI=1S/C55H39NO/c1-55(2)50-16-10-9-15-46(50)47-31-29-45(35-51(47)55)56(43-26-21-39(22-27-43)37-13-7-4-8-14-37)44-28-23-41-25-32-52-54(49(41)34-44)48-30-24-42(33-53(48)57-52)40-19-17-38(18-20-40)36-11-5-3-6-12-36/h3-35H,1-2H3. The Labute approximate surface area is 332 Å². The van der Waals surface area contributed by atoms with Crippen molar-refractivity contribution in [3.63, 3.8) is 0 Å². The molecule has 270 valence electrons. The molecule has 0 fully saturated rings. The van der Waals surface area contributed by atoms with Crippen LogP contribution in [0.15, 0.2) is 205 Å². The largest absolute Gasteiger partial charge is 0.456 e. The van der Waals surface area contributed by atoms with Gasteiger partial charge >= 0.3 is 0 Å². The Morgan fingerprint density at radius 3 is 1.61 bits per heavy atom. The average molecular weight is 730 g/mol. The van der Waals surface area contributed by atoms with Gasteiger partial charge in [0.15, 0.2) is 0 Å². The lowest BCUT2D eigenvalue weighted by Crippen LogP contribution is -2.16. The first-order valence-electron chi connectivity index (χ1n) is 19.7. The Morgan fingerprint density at radius 2 is 0.895 bits per heavy atom. The number of nitrogens with zero attached hydrogens (tertiary/aromatic N) is 1. The maximum absolute atomic E-state index is 6.63. The Kier molecular flexibility index (Phi) is 7.55. The van der Waals surface area contributed by atoms with E-state index in [2.05, 4.69) is 219 Å². The highest BCUT2D eigenvalue weighted by atomic mass is 16.3. The Morgan fingerprint density at radius 1 is 0.368 bits per heavy atom. The molecule has 1 aliphatic rings. The van der Waals surface area contributed by atoms with Crippen molar-refractivity contribution in [1.29, 1.82) is 0 Å². The second kappa shape index (κ2) is 13.0. The third kappa shape index (κ3) is 5.48. The molecule has 2 nitrogen and oxygen atoms in total. The molecule has 1 aliphatic carbocycles. The fourth-order valence-electron chi connectivity index (χ4n) is 9.10. The van der Waals surface area contributed by atoms with Gasteiger partial charge in [0.25, 0.3) is 0 Å². The summed E-state index contributed by atoms with van der Waals surface area (Å²) in [4.78, 5) is 2.41. The predicted molar refractivity (Wildman–Crippen MR) is 240 cm³/mol. The van der Waals surface area contributed by atoms with Gasteiger partial charge in [0.1, 0.15) is 11.2 Å². The van der Waals surface area contributed by atoms with E-state index in [0.717, 1.165) is 44.6 Å². The molecular formula is C55H39NO. The number of fused-ring (bicyclic) bond motifs is 8. The van der Waals surface area contributed by atoms with Crippen LogP contribution in [0.3, 0.4) is 0 Å². The lowest BCUT2D eigenvalue weighted by atomic mass is 9.82. The summed E-state index contributed by atoms with van der Waals surface area (Å²) in [6, 6.07) is 72.6. The molecule has 10 aromatic rings. The van der Waals surface area contributed by atoms with Crippen LogP contribution in [0.4, 0.5) is 17.1 Å². The summed E-state index contributed by atoms with van der Waals surface area (Å²) in [7, 11) is 0. The van der Waals surface area contributed by atoms with Crippen molar-refractivity contribution < 1.29 is 4.42 Å². The van der Waals surface area contributed by atoms with E-state index in [4.69, 9.17) is 4.42 Å². The van der Waals surface area contributed by atoms with Crippen LogP contribution in [0.2, 0.25) is 0 Å². The second-order valence-corrected chi connectivity index (χ2v) is 15.7. The molecule has 0 N–H and O–H groups in total. The molecule has 0 atom stereocenters. The highest BCUT2D eigenvalue weighted by molar-refractivity contribution is 6.19. The van der Waals surface area contributed by atoms with Gasteiger partial charge in [-0.2, -0.15) is 0 Å². The van der Waals surface area contributed by atoms with Crippen molar-refractivity contribution in [2.75, 3.05) is 4.90 Å². The molecular weight excluding hydrogens is 691 g/mol. The van der Waals surface area contributed by atoms with Gasteiger partial charge in [-0.05, 0) is 121 Å². The van der Waals surface area contributed by atoms with Crippen LogP contribution in [-0.4, -0.2) is 0 Å². The van der Waals surface area contributed by atoms with Crippen LogP contribution >= 0.6 is 0 Å². The maximum Gasteiger partial charge on any atom is 0.136 e. The van der Waals surface area contributed by atoms with Crippen LogP contribution in [0.25, 0.3) is 77.2 Å². The molecule has 0 amide bonds. The van der Waals surface area contributed by atoms with Crippen LogP contribution in [0, 0.1) is 0 Å². The smallest absolute Gasteiger partial charge is 0.136 e. The number of rotatable bonds is 6. The highest BCUT2D eigenvalue weighted by Gasteiger charge is 2.35. The van der Waals surface area contributed by atoms with Crippen molar-refractivity contribution in [2.24, 2.45) is 0 Å². The molecule has 0 saturated carbocycles. The number of hydrogen-bond acceptors (Lipinski definition) is 2. The van der Waals surface area contributed by atoms with E-state index in [0.29, 0.717) is 0 Å². The average Bonchev–Trinajstić information content (AvgIpc) is 3.76. The molecule has 0 radical (unpaired) electrons. The number of hydrogen-bond donors (Lipinski definition) is 0. The van der Waals surface area contributed by atoms with Gasteiger partial charge in [0, 0.05) is 33.2 Å². The van der Waals surface area contributed by atoms with Gasteiger partial charge in [0.2, 0.25) is 0 Å².